The summed E-state index contributed by atoms with van der Waals surface area (Å²) in [5.41, 5.74) is 10.1. The number of halogens is 1. The van der Waals surface area contributed by atoms with Crippen LogP contribution in [0.1, 0.15) is 43.1 Å². The molecule has 0 saturated carbocycles. The summed E-state index contributed by atoms with van der Waals surface area (Å²) in [6.45, 7) is 18.6. The highest BCUT2D eigenvalue weighted by Crippen LogP contribution is 2.42. The van der Waals surface area contributed by atoms with Gasteiger partial charge in [0.2, 0.25) is 10.4 Å². The molecule has 0 fully saturated rings. The molecule has 12 nitrogen and oxygen atoms in total. The van der Waals surface area contributed by atoms with E-state index < -0.39 is 10.4 Å². The maximum Gasteiger partial charge on any atom is 0.408 e. The van der Waals surface area contributed by atoms with Gasteiger partial charge < -0.3 is 26.1 Å². The van der Waals surface area contributed by atoms with Crippen molar-refractivity contribution >= 4 is 76.5 Å². The first-order chi connectivity index (χ1) is 29.4. The van der Waals surface area contributed by atoms with Gasteiger partial charge in [-0.05, 0) is 93.5 Å². The van der Waals surface area contributed by atoms with E-state index in [0.717, 1.165) is 88.2 Å². The monoisotopic (exact) mass is 910 g/mol. The molecule has 0 radical (unpaired) electrons. The highest BCUT2D eigenvalue weighted by atomic mass is 35.5. The molecular formula is C46H51ClN8O4S3. The third kappa shape index (κ3) is 10.6. The van der Waals surface area contributed by atoms with Gasteiger partial charge in [-0.25, -0.2) is 17.6 Å². The minimum atomic E-state index is -4.41. The number of para-hydroxylation sites is 2. The van der Waals surface area contributed by atoms with Gasteiger partial charge in [0.15, 0.2) is 0 Å². The fourth-order valence-electron chi connectivity index (χ4n) is 7.25. The highest BCUT2D eigenvalue weighted by Gasteiger charge is 2.23. The zero-order valence-electron chi connectivity index (χ0n) is 36.1. The zero-order chi connectivity index (χ0) is 43.7. The Labute approximate surface area is 377 Å². The van der Waals surface area contributed by atoms with Crippen molar-refractivity contribution in [1.29, 1.82) is 0 Å². The number of aryl methyl sites for hydroxylation is 5. The Hall–Kier alpha value is -5.42. The van der Waals surface area contributed by atoms with Gasteiger partial charge in [-0.15, -0.1) is 0 Å². The average molecular weight is 912 g/mol. The second kappa shape index (κ2) is 21.6. The lowest BCUT2D eigenvalue weighted by atomic mass is 10.1. The van der Waals surface area contributed by atoms with Gasteiger partial charge in [0.1, 0.15) is 23.3 Å². The maximum absolute atomic E-state index is 9.22. The summed E-state index contributed by atoms with van der Waals surface area (Å²) >= 11 is 3.37. The van der Waals surface area contributed by atoms with E-state index in [9.17, 15) is 13.0 Å². The Kier molecular flexibility index (Phi) is 16.6. The minimum absolute atomic E-state index is 0. The number of hydrogen-bond donors (Lipinski definition) is 0. The van der Waals surface area contributed by atoms with E-state index in [4.69, 9.17) is 15.3 Å². The van der Waals surface area contributed by atoms with E-state index in [2.05, 4.69) is 179 Å². The summed E-state index contributed by atoms with van der Waals surface area (Å²) in [6, 6.07) is 37.8. The summed E-state index contributed by atoms with van der Waals surface area (Å²) < 4.78 is 40.0. The molecule has 0 aliphatic carbocycles. The maximum atomic E-state index is 9.22. The van der Waals surface area contributed by atoms with Crippen LogP contribution in [-0.2, 0) is 40.8 Å². The van der Waals surface area contributed by atoms with Crippen molar-refractivity contribution in [2.75, 3.05) is 7.11 Å². The molecule has 0 N–H and O–H groups in total. The lowest BCUT2D eigenvalue weighted by molar-refractivity contribution is -0.682. The summed E-state index contributed by atoms with van der Waals surface area (Å²) in [5.74, 6) is 0. The van der Waals surface area contributed by atoms with E-state index in [0.29, 0.717) is 0 Å². The number of nitrogens with zero attached hydrogens (tertiary/aromatic N) is 8. The third-order valence-electron chi connectivity index (χ3n) is 10.2. The molecule has 8 rings (SSSR count). The number of thiazole rings is 2. The van der Waals surface area contributed by atoms with Crippen LogP contribution < -0.4 is 21.5 Å². The van der Waals surface area contributed by atoms with E-state index in [1.165, 1.54) is 26.5 Å². The van der Waals surface area contributed by atoms with Gasteiger partial charge >= 0.3 is 10.3 Å². The number of azo groups is 2. The van der Waals surface area contributed by atoms with E-state index in [1.807, 2.05) is 12.1 Å². The normalized spacial score (nSPS) is 11.5. The van der Waals surface area contributed by atoms with Gasteiger partial charge in [-0.1, -0.05) is 97.1 Å². The number of aromatic nitrogens is 4. The molecule has 4 heterocycles. The summed E-state index contributed by atoms with van der Waals surface area (Å²) in [5, 5.41) is 23.1. The Bertz CT molecular complexity index is 2920. The van der Waals surface area contributed by atoms with Crippen molar-refractivity contribution in [3.8, 4) is 22.5 Å². The molecule has 0 bridgehead atoms. The third-order valence-corrected chi connectivity index (χ3v) is 12.6. The fraction of sp³-hybridized carbons (Fsp3) is 0.261. The molecule has 0 unspecified atom stereocenters. The standard InChI is InChI=1S/C23H25N4S.C22H23N4S.CH4O4S.ClH/c1-5-26-16(3)17(4)28-23(26)25-24-21-19-14-10-11-15-20(19)27(6-2)22(21)18-12-8-7-9-13-18;1-4-25-15-16(3)27-22(25)24-23-20-18-13-9-10-14-19(18)26(5-2)21(20)17-11-7-6-8-12-17;1-5-6(2,3)4;/h7-15H,5-6H2,1-4H3;6-15H,4-5H2,1-3H3;1H3,(H,2,3,4);1H/q2*+1;;/p-2. The van der Waals surface area contributed by atoms with Crippen LogP contribution in [0, 0.1) is 20.8 Å². The molecule has 4 aromatic carbocycles. The van der Waals surface area contributed by atoms with Gasteiger partial charge in [0, 0.05) is 39.9 Å². The minimum Gasteiger partial charge on any atom is -1.00 e. The van der Waals surface area contributed by atoms with Crippen molar-refractivity contribution in [3.63, 3.8) is 0 Å². The molecule has 4 aromatic heterocycles. The molecule has 0 spiro atoms. The first kappa shape index (κ1) is 47.6. The fourth-order valence-corrected chi connectivity index (χ4v) is 9.08. The van der Waals surface area contributed by atoms with E-state index in [1.54, 1.807) is 22.7 Å². The summed E-state index contributed by atoms with van der Waals surface area (Å²) in [6.07, 6.45) is 2.13. The Balaban J connectivity index is 0.000000204. The van der Waals surface area contributed by atoms with Crippen molar-refractivity contribution in [1.82, 2.24) is 9.13 Å². The molecule has 0 aliphatic rings. The van der Waals surface area contributed by atoms with Crippen molar-refractivity contribution in [2.45, 2.75) is 74.6 Å². The van der Waals surface area contributed by atoms with Crippen molar-refractivity contribution in [2.24, 2.45) is 20.5 Å². The zero-order valence-corrected chi connectivity index (χ0v) is 39.3. The Morgan fingerprint density at radius 3 is 1.48 bits per heavy atom. The first-order valence-corrected chi connectivity index (χ1v) is 23.1. The van der Waals surface area contributed by atoms with Gasteiger partial charge in [-0.3, -0.25) is 4.18 Å². The topological polar surface area (TPSA) is 133 Å². The van der Waals surface area contributed by atoms with Crippen molar-refractivity contribution < 1.29 is 38.7 Å². The number of rotatable bonds is 11. The van der Waals surface area contributed by atoms with Crippen LogP contribution in [0.4, 0.5) is 21.6 Å². The second-order valence-electron chi connectivity index (χ2n) is 13.8. The quantitative estimate of drug-likeness (QED) is 0.0554. The largest absolute Gasteiger partial charge is 1.00 e. The highest BCUT2D eigenvalue weighted by molar-refractivity contribution is 7.80. The predicted octanol–water partition coefficient (Wildman–Crippen LogP) is 9.25. The Morgan fingerprint density at radius 2 is 1.06 bits per heavy atom. The molecule has 0 atom stereocenters. The van der Waals surface area contributed by atoms with E-state index >= 15 is 0 Å². The van der Waals surface area contributed by atoms with Crippen LogP contribution in [0.5, 0.6) is 0 Å². The first-order valence-electron chi connectivity index (χ1n) is 20.1. The molecule has 16 heteroatoms. The van der Waals surface area contributed by atoms with Crippen LogP contribution in [-0.4, -0.2) is 29.2 Å². The van der Waals surface area contributed by atoms with Crippen molar-refractivity contribution in [3.05, 3.63) is 131 Å². The Morgan fingerprint density at radius 1 is 0.629 bits per heavy atom. The molecule has 324 valence electrons. The lowest BCUT2D eigenvalue weighted by Gasteiger charge is -2.08. The number of benzene rings is 4. The average Bonchev–Trinajstić information content (AvgIpc) is 4.00. The molecule has 0 amide bonds. The van der Waals surface area contributed by atoms with Gasteiger partial charge in [0.05, 0.1) is 57.7 Å². The molecule has 8 aromatic rings. The molecular weight excluding hydrogens is 860 g/mol. The van der Waals surface area contributed by atoms with E-state index in [-0.39, 0.29) is 12.4 Å². The smallest absolute Gasteiger partial charge is 0.408 e. The van der Waals surface area contributed by atoms with Crippen LogP contribution in [0.25, 0.3) is 44.3 Å². The lowest BCUT2D eigenvalue weighted by Crippen LogP contribution is -3.00. The van der Waals surface area contributed by atoms with Gasteiger partial charge in [-0.2, -0.15) is 0 Å². The molecule has 0 saturated heterocycles. The van der Waals surface area contributed by atoms with Crippen LogP contribution >= 0.6 is 22.7 Å². The SMILES string of the molecule is CCn1c(-c2ccccc2)c(N=Nc2sc(C)c(C)[n+]2CC)c2ccccc21.CCn1c(-c2ccccc2)c(N=Nc2sc(C)c[n+]2CC)c2ccccc21.COS(=O)(=O)[O-].[Cl-]. The second-order valence-corrected chi connectivity index (χ2v) is 17.3. The van der Waals surface area contributed by atoms with Crippen LogP contribution in [0.2, 0.25) is 0 Å². The molecule has 62 heavy (non-hydrogen) atoms. The summed E-state index contributed by atoms with van der Waals surface area (Å²) in [7, 11) is -3.60. The van der Waals surface area contributed by atoms with Gasteiger partial charge in [0.25, 0.3) is 0 Å². The molecule has 0 aliphatic heterocycles. The number of hydrogen-bond acceptors (Lipinski definition) is 10. The predicted molar refractivity (Wildman–Crippen MR) is 246 cm³/mol. The van der Waals surface area contributed by atoms with Crippen LogP contribution in [0.3, 0.4) is 0 Å². The number of fused-ring (bicyclic) bond motifs is 2. The van der Waals surface area contributed by atoms with Crippen LogP contribution in [0.15, 0.2) is 136 Å². The summed E-state index contributed by atoms with van der Waals surface area (Å²) in [4.78, 5) is 2.53.